The molecule has 3 aromatic rings. The highest BCUT2D eigenvalue weighted by Crippen LogP contribution is 2.26. The molecule has 7 nitrogen and oxygen atoms in total. The van der Waals surface area contributed by atoms with Crippen molar-refractivity contribution in [1.82, 2.24) is 19.4 Å². The quantitative estimate of drug-likeness (QED) is 0.718. The predicted octanol–water partition coefficient (Wildman–Crippen LogP) is 3.16. The second kappa shape index (κ2) is 7.05. The average Bonchev–Trinajstić information content (AvgIpc) is 3.15. The second-order valence-electron chi connectivity index (χ2n) is 6.75. The fourth-order valence-corrected chi connectivity index (χ4v) is 3.71. The summed E-state index contributed by atoms with van der Waals surface area (Å²) in [5, 5.41) is 0.864. The van der Waals surface area contributed by atoms with Crippen molar-refractivity contribution in [2.45, 2.75) is 38.8 Å². The number of nitrogens with one attached hydrogen (secondary N) is 1. The number of amides is 1. The monoisotopic (exact) mass is 408 g/mol. The fourth-order valence-electron chi connectivity index (χ4n) is 3.39. The number of carbonyl (C=O) groups is 1. The first-order chi connectivity index (χ1) is 12.9. The molecule has 0 unspecified atom stereocenters. The number of likely N-dealkylation sites (N-methyl/N-ethyl adjacent to an activating group) is 1. The third-order valence-corrected chi connectivity index (χ3v) is 5.55. The lowest BCUT2D eigenvalue weighted by atomic mass is 10.0. The lowest BCUT2D eigenvalue weighted by Crippen LogP contribution is -2.33. The van der Waals surface area contributed by atoms with Gasteiger partial charge in [-0.25, -0.2) is 9.78 Å². The molecule has 142 valence electrons. The van der Waals surface area contributed by atoms with Crippen LogP contribution >= 0.6 is 23.2 Å². The van der Waals surface area contributed by atoms with Crippen molar-refractivity contribution in [3.63, 3.8) is 0 Å². The number of oxazole rings is 1. The van der Waals surface area contributed by atoms with Crippen LogP contribution in [-0.4, -0.2) is 32.4 Å². The van der Waals surface area contributed by atoms with Gasteiger partial charge in [-0.05, 0) is 31.4 Å². The Morgan fingerprint density at radius 2 is 2.04 bits per heavy atom. The number of benzene rings is 1. The number of H-pyrrole nitrogens is 1. The van der Waals surface area contributed by atoms with E-state index in [0.29, 0.717) is 27.1 Å². The molecule has 1 aliphatic carbocycles. The maximum atomic E-state index is 12.6. The van der Waals surface area contributed by atoms with E-state index in [2.05, 4.69) is 9.97 Å². The van der Waals surface area contributed by atoms with E-state index in [9.17, 15) is 9.59 Å². The van der Waals surface area contributed by atoms with Gasteiger partial charge in [-0.1, -0.05) is 23.2 Å². The van der Waals surface area contributed by atoms with Crippen LogP contribution in [0.1, 0.15) is 30.1 Å². The van der Waals surface area contributed by atoms with Gasteiger partial charge in [-0.3, -0.25) is 9.36 Å². The van der Waals surface area contributed by atoms with Crippen LogP contribution in [0.25, 0.3) is 11.0 Å². The first-order valence-corrected chi connectivity index (χ1v) is 9.47. The summed E-state index contributed by atoms with van der Waals surface area (Å²) in [4.78, 5) is 33.8. The van der Waals surface area contributed by atoms with Crippen LogP contribution in [0.15, 0.2) is 21.3 Å². The van der Waals surface area contributed by atoms with Crippen LogP contribution in [0.5, 0.6) is 0 Å². The van der Waals surface area contributed by atoms with Crippen molar-refractivity contribution in [3.05, 3.63) is 50.0 Å². The summed E-state index contributed by atoms with van der Waals surface area (Å²) >= 11 is 12.0. The van der Waals surface area contributed by atoms with E-state index in [1.54, 1.807) is 19.2 Å². The number of hydrogen-bond donors (Lipinski definition) is 1. The number of rotatable bonds is 4. The number of aromatic nitrogens is 3. The summed E-state index contributed by atoms with van der Waals surface area (Å²) in [5.41, 5.74) is 2.28. The van der Waals surface area contributed by atoms with Crippen LogP contribution in [-0.2, 0) is 30.7 Å². The van der Waals surface area contributed by atoms with Crippen molar-refractivity contribution >= 4 is 40.1 Å². The minimum Gasteiger partial charge on any atom is -0.413 e. The molecule has 1 amide bonds. The molecule has 1 aromatic carbocycles. The maximum Gasteiger partial charge on any atom is 0.419 e. The number of imidazole rings is 1. The van der Waals surface area contributed by atoms with Gasteiger partial charge in [0.1, 0.15) is 18.1 Å². The third-order valence-electron chi connectivity index (χ3n) is 4.83. The molecular weight excluding hydrogens is 391 g/mol. The topological polar surface area (TPSA) is 84.1 Å². The van der Waals surface area contributed by atoms with Crippen molar-refractivity contribution < 1.29 is 9.21 Å². The number of hydrogen-bond acceptors (Lipinski definition) is 4. The van der Waals surface area contributed by atoms with E-state index >= 15 is 0 Å². The number of fused-ring (bicyclic) bond motifs is 2. The Morgan fingerprint density at radius 3 is 2.85 bits per heavy atom. The summed E-state index contributed by atoms with van der Waals surface area (Å²) in [6, 6.07) is 3.38. The molecule has 1 N–H and O–H groups in total. The molecule has 0 saturated heterocycles. The molecule has 0 fully saturated rings. The Labute approximate surface area is 164 Å². The zero-order chi connectivity index (χ0) is 19.1. The Hall–Kier alpha value is -2.25. The second-order valence-corrected chi connectivity index (χ2v) is 7.56. The minimum atomic E-state index is -0.461. The molecule has 4 rings (SSSR count). The molecule has 0 spiro atoms. The highest BCUT2D eigenvalue weighted by Gasteiger charge is 2.22. The van der Waals surface area contributed by atoms with E-state index in [-0.39, 0.29) is 19.0 Å². The van der Waals surface area contributed by atoms with Crippen LogP contribution in [0.4, 0.5) is 0 Å². The summed E-state index contributed by atoms with van der Waals surface area (Å²) in [5.74, 6) is 0.674. The summed E-state index contributed by atoms with van der Waals surface area (Å²) in [7, 11) is 1.67. The van der Waals surface area contributed by atoms with Gasteiger partial charge in [0.25, 0.3) is 0 Å². The van der Waals surface area contributed by atoms with E-state index in [0.717, 1.165) is 36.9 Å². The molecular formula is C18H18Cl2N4O3. The van der Waals surface area contributed by atoms with Gasteiger partial charge in [0.15, 0.2) is 0 Å². The summed E-state index contributed by atoms with van der Waals surface area (Å²) in [6.07, 6.45) is 3.53. The Bertz CT molecular complexity index is 1040. The first-order valence-electron chi connectivity index (χ1n) is 8.71. The molecule has 2 aromatic heterocycles. The molecule has 2 heterocycles. The predicted molar refractivity (Wildman–Crippen MR) is 102 cm³/mol. The van der Waals surface area contributed by atoms with E-state index in [1.165, 1.54) is 9.47 Å². The van der Waals surface area contributed by atoms with Crippen molar-refractivity contribution in [3.8, 4) is 0 Å². The molecule has 0 saturated carbocycles. The number of aryl methyl sites for hydroxylation is 1. The zero-order valence-corrected chi connectivity index (χ0v) is 16.2. The number of aromatic amines is 1. The minimum absolute atomic E-state index is 0.0357. The molecule has 0 atom stereocenters. The zero-order valence-electron chi connectivity index (χ0n) is 14.7. The first kappa shape index (κ1) is 18.1. The van der Waals surface area contributed by atoms with Crippen LogP contribution in [0.3, 0.4) is 0 Å². The average molecular weight is 409 g/mol. The van der Waals surface area contributed by atoms with Crippen molar-refractivity contribution in [2.75, 3.05) is 7.05 Å². The van der Waals surface area contributed by atoms with Gasteiger partial charge in [0.05, 0.1) is 33.3 Å². The van der Waals surface area contributed by atoms with E-state index in [1.807, 2.05) is 0 Å². The largest absolute Gasteiger partial charge is 0.419 e. The Kier molecular flexibility index (Phi) is 4.74. The fraction of sp³-hybridized carbons (Fsp3) is 0.389. The SMILES string of the molecule is CN(Cc1nc2cc(Cl)c(Cl)cc2[nH]1)C(=O)Cn1c2c(oc1=O)CCCC2. The Balaban J connectivity index is 1.50. The van der Waals surface area contributed by atoms with Crippen LogP contribution in [0.2, 0.25) is 10.0 Å². The number of carbonyl (C=O) groups excluding carboxylic acids is 1. The molecule has 0 radical (unpaired) electrons. The van der Waals surface area contributed by atoms with Crippen molar-refractivity contribution in [2.24, 2.45) is 0 Å². The van der Waals surface area contributed by atoms with Gasteiger partial charge in [0.2, 0.25) is 5.91 Å². The van der Waals surface area contributed by atoms with E-state index < -0.39 is 5.76 Å². The highest BCUT2D eigenvalue weighted by molar-refractivity contribution is 6.42. The molecule has 0 aliphatic heterocycles. The van der Waals surface area contributed by atoms with Gasteiger partial charge >= 0.3 is 5.76 Å². The van der Waals surface area contributed by atoms with Gasteiger partial charge in [0, 0.05) is 13.5 Å². The molecule has 0 bridgehead atoms. The molecule has 9 heteroatoms. The molecule has 1 aliphatic rings. The lowest BCUT2D eigenvalue weighted by Gasteiger charge is -2.17. The normalized spacial score (nSPS) is 13.7. The van der Waals surface area contributed by atoms with Crippen LogP contribution in [0, 0.1) is 0 Å². The Morgan fingerprint density at radius 1 is 1.30 bits per heavy atom. The lowest BCUT2D eigenvalue weighted by molar-refractivity contribution is -0.131. The van der Waals surface area contributed by atoms with Gasteiger partial charge < -0.3 is 14.3 Å². The third kappa shape index (κ3) is 3.49. The van der Waals surface area contributed by atoms with Gasteiger partial charge in [-0.2, -0.15) is 0 Å². The summed E-state index contributed by atoms with van der Waals surface area (Å²) < 4.78 is 6.74. The number of halogens is 2. The highest BCUT2D eigenvalue weighted by atomic mass is 35.5. The smallest absolute Gasteiger partial charge is 0.413 e. The maximum absolute atomic E-state index is 12.6. The van der Waals surface area contributed by atoms with E-state index in [4.69, 9.17) is 27.6 Å². The number of nitrogens with zero attached hydrogens (tertiary/aromatic N) is 3. The standard InChI is InChI=1S/C18H18Cl2N4O3/c1-23(8-16-21-12-6-10(19)11(20)7-13(12)22-16)17(25)9-24-14-4-2-3-5-15(14)27-18(24)26/h6-7H,2-5,8-9H2,1H3,(H,21,22). The van der Waals surface area contributed by atoms with Gasteiger partial charge in [-0.15, -0.1) is 0 Å². The van der Waals surface area contributed by atoms with Crippen molar-refractivity contribution in [1.29, 1.82) is 0 Å². The summed E-state index contributed by atoms with van der Waals surface area (Å²) in [6.45, 7) is 0.240. The molecule has 27 heavy (non-hydrogen) atoms. The van der Waals surface area contributed by atoms with Crippen LogP contribution < -0.4 is 5.76 Å².